The van der Waals surface area contributed by atoms with Crippen molar-refractivity contribution >= 4 is 0 Å². The quantitative estimate of drug-likeness (QED) is 0.874. The lowest BCUT2D eigenvalue weighted by molar-refractivity contribution is -0.913. The number of para-hydroxylation sites is 1. The molecule has 21 heavy (non-hydrogen) atoms. The third kappa shape index (κ3) is 3.43. The van der Waals surface area contributed by atoms with Crippen LogP contribution in [0.15, 0.2) is 60.7 Å². The molecule has 0 aromatic heterocycles. The lowest BCUT2D eigenvalue weighted by atomic mass is 10.2. The minimum atomic E-state index is -0.418. The van der Waals surface area contributed by atoms with Gasteiger partial charge in [0.1, 0.15) is 31.5 Å². The van der Waals surface area contributed by atoms with Gasteiger partial charge >= 0.3 is 0 Å². The number of aliphatic hydroxyl groups excluding tert-OH is 1. The number of aliphatic hydroxyl groups is 1. The van der Waals surface area contributed by atoms with Gasteiger partial charge in [-0.05, 0) is 12.1 Å². The number of hydrogen-bond acceptors (Lipinski definition) is 2. The van der Waals surface area contributed by atoms with Crippen molar-refractivity contribution in [2.45, 2.75) is 18.8 Å². The summed E-state index contributed by atoms with van der Waals surface area (Å²) >= 11 is 0. The molecule has 1 aliphatic heterocycles. The number of quaternary nitrogens is 1. The molecule has 2 aromatic rings. The maximum atomic E-state index is 10.3. The molecule has 0 amide bonds. The Hall–Kier alpha value is -1.84. The van der Waals surface area contributed by atoms with Crippen molar-refractivity contribution < 1.29 is 14.3 Å². The topological polar surface area (TPSA) is 29.5 Å². The van der Waals surface area contributed by atoms with Crippen LogP contribution in [-0.2, 0) is 6.54 Å². The first-order chi connectivity index (χ1) is 10.1. The first kappa shape index (κ1) is 14.1. The van der Waals surface area contributed by atoms with Gasteiger partial charge in [0, 0.05) is 5.56 Å². The average molecular weight is 284 g/mol. The normalized spacial score (nSPS) is 28.5. The summed E-state index contributed by atoms with van der Waals surface area (Å²) in [7, 11) is 2.19. The molecule has 0 spiro atoms. The van der Waals surface area contributed by atoms with Crippen molar-refractivity contribution in [2.24, 2.45) is 0 Å². The predicted molar refractivity (Wildman–Crippen MR) is 82.9 cm³/mol. The molecule has 1 aliphatic rings. The second kappa shape index (κ2) is 5.88. The van der Waals surface area contributed by atoms with Crippen LogP contribution in [0.4, 0.5) is 0 Å². The number of benzene rings is 2. The smallest absolute Gasteiger partial charge is 0.178 e. The molecule has 0 saturated carbocycles. The fourth-order valence-electron chi connectivity index (χ4n) is 3.14. The Labute approximate surface area is 126 Å². The van der Waals surface area contributed by atoms with Gasteiger partial charge in [-0.1, -0.05) is 48.5 Å². The summed E-state index contributed by atoms with van der Waals surface area (Å²) in [4.78, 5) is 0. The minimum absolute atomic E-state index is 0.138. The molecule has 1 N–H and O–H groups in total. The van der Waals surface area contributed by atoms with Gasteiger partial charge in [0.25, 0.3) is 0 Å². The second-order valence-corrected chi connectivity index (χ2v) is 6.17. The fraction of sp³-hybridized carbons (Fsp3) is 0.333. The fourth-order valence-corrected chi connectivity index (χ4v) is 3.14. The third-order valence-corrected chi connectivity index (χ3v) is 4.12. The summed E-state index contributed by atoms with van der Waals surface area (Å²) in [5.41, 5.74) is 1.30. The highest BCUT2D eigenvalue weighted by atomic mass is 16.5. The molecule has 3 heteroatoms. The molecule has 3 atom stereocenters. The standard InChI is InChI=1S/C18H22NO2/c1-19(12-15-8-4-2-5-9-15)13-17(20)18(14-19)21-16-10-6-3-7-11-16/h2-11,17-18,20H,12-14H2,1H3/q+1/t17-,18-,19?/m1/s1. The Morgan fingerprint density at radius 2 is 1.62 bits per heavy atom. The van der Waals surface area contributed by atoms with Crippen molar-refractivity contribution in [1.82, 2.24) is 0 Å². The molecule has 1 heterocycles. The number of likely N-dealkylation sites (tertiary alicyclic amines) is 1. The summed E-state index contributed by atoms with van der Waals surface area (Å²) in [5, 5.41) is 10.3. The van der Waals surface area contributed by atoms with Gasteiger partial charge in [0.05, 0.1) is 7.05 Å². The van der Waals surface area contributed by atoms with Crippen LogP contribution in [0.3, 0.4) is 0 Å². The predicted octanol–water partition coefficient (Wildman–Crippen LogP) is 2.46. The number of likely N-dealkylation sites (N-methyl/N-ethyl adjacent to an activating group) is 1. The molecular weight excluding hydrogens is 262 g/mol. The molecule has 1 unspecified atom stereocenters. The van der Waals surface area contributed by atoms with Crippen LogP contribution in [0, 0.1) is 0 Å². The Morgan fingerprint density at radius 1 is 1.00 bits per heavy atom. The van der Waals surface area contributed by atoms with E-state index >= 15 is 0 Å². The lowest BCUT2D eigenvalue weighted by Gasteiger charge is -2.29. The summed E-state index contributed by atoms with van der Waals surface area (Å²) < 4.78 is 6.76. The number of nitrogens with zero attached hydrogens (tertiary/aromatic N) is 1. The lowest BCUT2D eigenvalue weighted by Crippen LogP contribution is -2.42. The van der Waals surface area contributed by atoms with Crippen molar-refractivity contribution in [2.75, 3.05) is 20.1 Å². The largest absolute Gasteiger partial charge is 0.482 e. The van der Waals surface area contributed by atoms with Crippen molar-refractivity contribution in [3.8, 4) is 5.75 Å². The zero-order valence-corrected chi connectivity index (χ0v) is 12.4. The van der Waals surface area contributed by atoms with Crippen LogP contribution in [0.25, 0.3) is 0 Å². The number of hydrogen-bond donors (Lipinski definition) is 1. The molecular formula is C18H22NO2+. The monoisotopic (exact) mass is 284 g/mol. The van der Waals surface area contributed by atoms with Gasteiger partial charge in [0.15, 0.2) is 6.10 Å². The van der Waals surface area contributed by atoms with E-state index in [-0.39, 0.29) is 6.10 Å². The van der Waals surface area contributed by atoms with E-state index in [1.807, 2.05) is 36.4 Å². The summed E-state index contributed by atoms with van der Waals surface area (Å²) in [6.07, 6.45) is -0.556. The molecule has 3 nitrogen and oxygen atoms in total. The highest BCUT2D eigenvalue weighted by molar-refractivity contribution is 5.21. The van der Waals surface area contributed by atoms with Crippen LogP contribution in [0.2, 0.25) is 0 Å². The summed E-state index contributed by atoms with van der Waals surface area (Å²) in [6, 6.07) is 20.2. The van der Waals surface area contributed by atoms with E-state index in [0.717, 1.165) is 29.9 Å². The molecule has 0 aliphatic carbocycles. The maximum Gasteiger partial charge on any atom is 0.178 e. The van der Waals surface area contributed by atoms with Gasteiger partial charge in [-0.25, -0.2) is 0 Å². The molecule has 1 saturated heterocycles. The molecule has 1 fully saturated rings. The first-order valence-corrected chi connectivity index (χ1v) is 7.42. The summed E-state index contributed by atoms with van der Waals surface area (Å²) in [5.74, 6) is 0.828. The van der Waals surface area contributed by atoms with E-state index in [2.05, 4.69) is 31.3 Å². The zero-order valence-electron chi connectivity index (χ0n) is 12.4. The van der Waals surface area contributed by atoms with Crippen LogP contribution < -0.4 is 4.74 Å². The number of rotatable bonds is 4. The zero-order chi connectivity index (χ0) is 14.7. The molecule has 0 bridgehead atoms. The Balaban J connectivity index is 1.67. The van der Waals surface area contributed by atoms with E-state index < -0.39 is 6.10 Å². The molecule has 110 valence electrons. The van der Waals surface area contributed by atoms with Gasteiger partial charge in [0.2, 0.25) is 0 Å². The van der Waals surface area contributed by atoms with Gasteiger partial charge in [-0.15, -0.1) is 0 Å². The molecule has 3 rings (SSSR count). The summed E-state index contributed by atoms with van der Waals surface area (Å²) in [6.45, 7) is 2.48. The Kier molecular flexibility index (Phi) is 3.95. The number of ether oxygens (including phenoxy) is 1. The highest BCUT2D eigenvalue weighted by Gasteiger charge is 2.43. The van der Waals surface area contributed by atoms with Crippen LogP contribution in [0.1, 0.15) is 5.56 Å². The Morgan fingerprint density at radius 3 is 2.29 bits per heavy atom. The second-order valence-electron chi connectivity index (χ2n) is 6.17. The van der Waals surface area contributed by atoms with Crippen molar-refractivity contribution in [1.29, 1.82) is 0 Å². The van der Waals surface area contributed by atoms with Crippen LogP contribution >= 0.6 is 0 Å². The van der Waals surface area contributed by atoms with Crippen LogP contribution in [0.5, 0.6) is 5.75 Å². The van der Waals surface area contributed by atoms with Crippen LogP contribution in [-0.4, -0.2) is 41.9 Å². The maximum absolute atomic E-state index is 10.3. The van der Waals surface area contributed by atoms with Gasteiger partial charge in [-0.3, -0.25) is 0 Å². The van der Waals surface area contributed by atoms with E-state index in [9.17, 15) is 5.11 Å². The van der Waals surface area contributed by atoms with Gasteiger partial charge < -0.3 is 14.3 Å². The minimum Gasteiger partial charge on any atom is -0.482 e. The van der Waals surface area contributed by atoms with Gasteiger partial charge in [-0.2, -0.15) is 0 Å². The van der Waals surface area contributed by atoms with Crippen molar-refractivity contribution in [3.63, 3.8) is 0 Å². The highest BCUT2D eigenvalue weighted by Crippen LogP contribution is 2.25. The van der Waals surface area contributed by atoms with Crippen molar-refractivity contribution in [3.05, 3.63) is 66.2 Å². The van der Waals surface area contributed by atoms with E-state index in [1.54, 1.807) is 0 Å². The van der Waals surface area contributed by atoms with E-state index in [4.69, 9.17) is 4.74 Å². The molecule has 2 aromatic carbocycles. The first-order valence-electron chi connectivity index (χ1n) is 7.42. The Bertz CT molecular complexity index is 572. The SMILES string of the molecule is C[N+]1(Cc2ccccc2)C[C@@H](O)[C@H](Oc2ccccc2)C1. The van der Waals surface area contributed by atoms with E-state index in [1.165, 1.54) is 5.56 Å². The molecule has 0 radical (unpaired) electrons. The van der Waals surface area contributed by atoms with E-state index in [0.29, 0.717) is 0 Å². The average Bonchev–Trinajstić information content (AvgIpc) is 2.75. The third-order valence-electron chi connectivity index (χ3n) is 4.12.